The van der Waals surface area contributed by atoms with Gasteiger partial charge in [0, 0.05) is 29.1 Å². The molecule has 1 heterocycles. The molecule has 0 atom stereocenters. The molecule has 90 valence electrons. The number of benzene rings is 1. The normalized spacial score (nSPS) is 11.1. The second-order valence-corrected chi connectivity index (χ2v) is 4.76. The molecule has 0 unspecified atom stereocenters. The summed E-state index contributed by atoms with van der Waals surface area (Å²) in [6.07, 6.45) is 0.949. The fourth-order valence-electron chi connectivity index (χ4n) is 2.00. The molecule has 17 heavy (non-hydrogen) atoms. The third kappa shape index (κ3) is 2.43. The minimum Gasteiger partial charge on any atom is -0.319 e. The summed E-state index contributed by atoms with van der Waals surface area (Å²) in [5, 5.41) is 5.10. The van der Waals surface area contributed by atoms with Gasteiger partial charge in [-0.1, -0.05) is 17.7 Å². The first-order valence-corrected chi connectivity index (χ1v) is 6.21. The molecule has 2 rings (SSSR count). The lowest BCUT2D eigenvalue weighted by molar-refractivity contribution is 0.775. The summed E-state index contributed by atoms with van der Waals surface area (Å²) in [5.41, 5.74) is 4.48. The zero-order valence-corrected chi connectivity index (χ0v) is 11.2. The van der Waals surface area contributed by atoms with Crippen LogP contribution >= 0.6 is 11.6 Å². The topological polar surface area (TPSA) is 24.9 Å². The van der Waals surface area contributed by atoms with Gasteiger partial charge in [0.25, 0.3) is 0 Å². The standard InChI is InChI=1S/C14H17ClN2/c1-9-8-11-4-5-12(15)10(2)14(11)17-13(9)6-7-16-3/h4-5,8,16H,6-7H2,1-3H3. The fourth-order valence-corrected chi connectivity index (χ4v) is 2.15. The molecule has 0 saturated carbocycles. The van der Waals surface area contributed by atoms with Crippen molar-refractivity contribution in [2.24, 2.45) is 0 Å². The Morgan fingerprint density at radius 1 is 1.29 bits per heavy atom. The van der Waals surface area contributed by atoms with E-state index in [1.807, 2.05) is 26.1 Å². The lowest BCUT2D eigenvalue weighted by atomic mass is 10.1. The van der Waals surface area contributed by atoms with Gasteiger partial charge in [0.05, 0.1) is 5.52 Å². The Kier molecular flexibility index (Phi) is 3.65. The molecule has 2 aromatic rings. The second-order valence-electron chi connectivity index (χ2n) is 4.35. The lowest BCUT2D eigenvalue weighted by Gasteiger charge is -2.09. The maximum absolute atomic E-state index is 6.13. The van der Waals surface area contributed by atoms with E-state index in [2.05, 4.69) is 18.3 Å². The van der Waals surface area contributed by atoms with Crippen molar-refractivity contribution < 1.29 is 0 Å². The van der Waals surface area contributed by atoms with Crippen molar-refractivity contribution in [3.8, 4) is 0 Å². The zero-order chi connectivity index (χ0) is 12.4. The molecule has 0 aliphatic carbocycles. The third-order valence-corrected chi connectivity index (χ3v) is 3.49. The third-order valence-electron chi connectivity index (χ3n) is 3.08. The zero-order valence-electron chi connectivity index (χ0n) is 10.5. The Labute approximate surface area is 107 Å². The summed E-state index contributed by atoms with van der Waals surface area (Å²) in [6, 6.07) is 6.16. The summed E-state index contributed by atoms with van der Waals surface area (Å²) in [7, 11) is 1.96. The molecule has 0 radical (unpaired) electrons. The van der Waals surface area contributed by atoms with Crippen molar-refractivity contribution in [3.05, 3.63) is 40.0 Å². The van der Waals surface area contributed by atoms with Gasteiger partial charge >= 0.3 is 0 Å². The Bertz CT molecular complexity index is 549. The number of nitrogens with one attached hydrogen (secondary N) is 1. The number of pyridine rings is 1. The summed E-state index contributed by atoms with van der Waals surface area (Å²) in [4.78, 5) is 4.75. The molecule has 0 amide bonds. The maximum Gasteiger partial charge on any atom is 0.0749 e. The number of aryl methyl sites for hydroxylation is 2. The number of fused-ring (bicyclic) bond motifs is 1. The molecule has 2 nitrogen and oxygen atoms in total. The number of hydrogen-bond acceptors (Lipinski definition) is 2. The molecule has 0 fully saturated rings. The van der Waals surface area contributed by atoms with E-state index < -0.39 is 0 Å². The number of aromatic nitrogens is 1. The van der Waals surface area contributed by atoms with Crippen LogP contribution in [0.3, 0.4) is 0 Å². The maximum atomic E-state index is 6.13. The first-order valence-electron chi connectivity index (χ1n) is 5.83. The van der Waals surface area contributed by atoms with E-state index in [9.17, 15) is 0 Å². The van der Waals surface area contributed by atoms with Crippen molar-refractivity contribution in [1.29, 1.82) is 0 Å². The van der Waals surface area contributed by atoms with Crippen LogP contribution in [-0.4, -0.2) is 18.6 Å². The highest BCUT2D eigenvalue weighted by Crippen LogP contribution is 2.25. The smallest absolute Gasteiger partial charge is 0.0749 e. The average Bonchev–Trinajstić information content (AvgIpc) is 2.32. The van der Waals surface area contributed by atoms with Gasteiger partial charge in [0.2, 0.25) is 0 Å². The molecular formula is C14H17ClN2. The van der Waals surface area contributed by atoms with Crippen LogP contribution in [0.2, 0.25) is 5.02 Å². The highest BCUT2D eigenvalue weighted by molar-refractivity contribution is 6.32. The van der Waals surface area contributed by atoms with E-state index >= 15 is 0 Å². The van der Waals surface area contributed by atoms with Crippen LogP contribution in [0.15, 0.2) is 18.2 Å². The van der Waals surface area contributed by atoms with Gasteiger partial charge in [-0.15, -0.1) is 0 Å². The molecule has 1 aromatic carbocycles. The quantitative estimate of drug-likeness (QED) is 0.902. The van der Waals surface area contributed by atoms with E-state index in [1.165, 1.54) is 5.56 Å². The Balaban J connectivity index is 2.56. The van der Waals surface area contributed by atoms with Crippen molar-refractivity contribution in [3.63, 3.8) is 0 Å². The van der Waals surface area contributed by atoms with E-state index in [4.69, 9.17) is 16.6 Å². The van der Waals surface area contributed by atoms with Gasteiger partial charge < -0.3 is 5.32 Å². The van der Waals surface area contributed by atoms with Crippen molar-refractivity contribution in [2.45, 2.75) is 20.3 Å². The summed E-state index contributed by atoms with van der Waals surface area (Å²) < 4.78 is 0. The predicted molar refractivity (Wildman–Crippen MR) is 73.9 cm³/mol. The van der Waals surface area contributed by atoms with Crippen LogP contribution in [0.25, 0.3) is 10.9 Å². The Morgan fingerprint density at radius 3 is 2.76 bits per heavy atom. The second kappa shape index (κ2) is 5.03. The number of likely N-dealkylation sites (N-methyl/N-ethyl adjacent to an activating group) is 1. The predicted octanol–water partition coefficient (Wildman–Crippen LogP) is 3.27. The van der Waals surface area contributed by atoms with Crippen LogP contribution in [0, 0.1) is 13.8 Å². The van der Waals surface area contributed by atoms with Crippen molar-refractivity contribution in [2.75, 3.05) is 13.6 Å². The number of rotatable bonds is 3. The highest BCUT2D eigenvalue weighted by Gasteiger charge is 2.07. The van der Waals surface area contributed by atoms with E-state index in [1.54, 1.807) is 0 Å². The van der Waals surface area contributed by atoms with Gasteiger partial charge in [0.15, 0.2) is 0 Å². The van der Waals surface area contributed by atoms with Gasteiger partial charge in [0.1, 0.15) is 0 Å². The highest BCUT2D eigenvalue weighted by atomic mass is 35.5. The summed E-state index contributed by atoms with van der Waals surface area (Å²) in [5.74, 6) is 0. The molecule has 1 aromatic heterocycles. The van der Waals surface area contributed by atoms with Gasteiger partial charge in [-0.3, -0.25) is 4.98 Å². The van der Waals surface area contributed by atoms with Crippen LogP contribution in [-0.2, 0) is 6.42 Å². The molecule has 1 N–H and O–H groups in total. The van der Waals surface area contributed by atoms with E-state index in [0.29, 0.717) is 0 Å². The van der Waals surface area contributed by atoms with Crippen LogP contribution in [0.1, 0.15) is 16.8 Å². The lowest BCUT2D eigenvalue weighted by Crippen LogP contribution is -2.12. The number of hydrogen-bond donors (Lipinski definition) is 1. The molecule has 3 heteroatoms. The minimum atomic E-state index is 0.786. The molecule has 0 spiro atoms. The van der Waals surface area contributed by atoms with E-state index in [0.717, 1.165) is 40.1 Å². The molecule has 0 aliphatic rings. The largest absolute Gasteiger partial charge is 0.319 e. The van der Waals surface area contributed by atoms with Crippen LogP contribution in [0.5, 0.6) is 0 Å². The van der Waals surface area contributed by atoms with Crippen LogP contribution < -0.4 is 5.32 Å². The Hall–Kier alpha value is -1.12. The summed E-state index contributed by atoms with van der Waals surface area (Å²) in [6.45, 7) is 5.08. The molecular weight excluding hydrogens is 232 g/mol. The monoisotopic (exact) mass is 248 g/mol. The SMILES string of the molecule is CNCCc1nc2c(C)c(Cl)ccc2cc1C. The van der Waals surface area contributed by atoms with Crippen LogP contribution in [0.4, 0.5) is 0 Å². The first-order chi connectivity index (χ1) is 8.13. The van der Waals surface area contributed by atoms with Gasteiger partial charge in [-0.2, -0.15) is 0 Å². The first kappa shape index (κ1) is 12.3. The van der Waals surface area contributed by atoms with Gasteiger partial charge in [-0.05, 0) is 44.2 Å². The molecule has 0 saturated heterocycles. The fraction of sp³-hybridized carbons (Fsp3) is 0.357. The number of nitrogens with zero attached hydrogens (tertiary/aromatic N) is 1. The molecule has 0 aliphatic heterocycles. The number of halogens is 1. The average molecular weight is 249 g/mol. The summed E-state index contributed by atoms with van der Waals surface area (Å²) >= 11 is 6.13. The Morgan fingerprint density at radius 2 is 2.06 bits per heavy atom. The molecule has 0 bridgehead atoms. The van der Waals surface area contributed by atoms with Crippen molar-refractivity contribution >= 4 is 22.5 Å². The van der Waals surface area contributed by atoms with Crippen molar-refractivity contribution in [1.82, 2.24) is 10.3 Å². The van der Waals surface area contributed by atoms with E-state index in [-0.39, 0.29) is 0 Å². The minimum absolute atomic E-state index is 0.786. The van der Waals surface area contributed by atoms with Gasteiger partial charge in [-0.25, -0.2) is 0 Å².